The van der Waals surface area contributed by atoms with Crippen molar-refractivity contribution < 1.29 is 17.9 Å². The zero-order valence-corrected chi connectivity index (χ0v) is 19.1. The maximum absolute atomic E-state index is 14.8. The second-order valence-electron chi connectivity index (χ2n) is 8.80. The molecule has 33 heavy (non-hydrogen) atoms. The highest BCUT2D eigenvalue weighted by atomic mass is 19.2. The number of methoxy groups -OCH3 is 1. The Kier molecular flexibility index (Phi) is 7.22. The molecule has 0 aromatic heterocycles. The molecule has 0 aliphatic heterocycles. The normalized spacial score (nSPS) is 18.6. The second kappa shape index (κ2) is 10.3. The van der Waals surface area contributed by atoms with Crippen LogP contribution in [-0.4, -0.2) is 7.11 Å². The molecule has 1 fully saturated rings. The summed E-state index contributed by atoms with van der Waals surface area (Å²) in [5, 5.41) is 0. The minimum Gasteiger partial charge on any atom is -0.497 e. The molecule has 172 valence electrons. The largest absolute Gasteiger partial charge is 0.497 e. The molecular weight excluding hydrogens is 421 g/mol. The fraction of sp³-hybridized carbons (Fsp3) is 0.310. The molecule has 0 unspecified atom stereocenters. The fourth-order valence-electron chi connectivity index (χ4n) is 4.72. The third-order valence-corrected chi connectivity index (χ3v) is 6.86. The smallest absolute Gasteiger partial charge is 0.166 e. The summed E-state index contributed by atoms with van der Waals surface area (Å²) in [6, 6.07) is 15.4. The molecular formula is C29H29F3O. The van der Waals surface area contributed by atoms with E-state index in [4.69, 9.17) is 4.74 Å². The van der Waals surface area contributed by atoms with Gasteiger partial charge in [-0.15, -0.1) is 0 Å². The van der Waals surface area contributed by atoms with Crippen LogP contribution >= 0.6 is 0 Å². The molecule has 4 heteroatoms. The molecule has 0 heterocycles. The van der Waals surface area contributed by atoms with E-state index in [1.54, 1.807) is 48.6 Å². The maximum atomic E-state index is 14.8. The number of hydrogen-bond acceptors (Lipinski definition) is 1. The monoisotopic (exact) mass is 450 g/mol. The van der Waals surface area contributed by atoms with Crippen LogP contribution in [0.25, 0.3) is 23.3 Å². The molecule has 0 bridgehead atoms. The van der Waals surface area contributed by atoms with Crippen LogP contribution in [-0.2, 0) is 0 Å². The summed E-state index contributed by atoms with van der Waals surface area (Å²) in [6.45, 7) is 2.19. The van der Waals surface area contributed by atoms with Crippen molar-refractivity contribution in [2.75, 3.05) is 7.11 Å². The zero-order valence-electron chi connectivity index (χ0n) is 19.1. The van der Waals surface area contributed by atoms with Crippen molar-refractivity contribution in [2.24, 2.45) is 5.92 Å². The molecule has 3 aromatic carbocycles. The number of benzene rings is 3. The van der Waals surface area contributed by atoms with Crippen LogP contribution in [0.5, 0.6) is 5.75 Å². The van der Waals surface area contributed by atoms with Crippen LogP contribution in [0.1, 0.15) is 61.6 Å². The third-order valence-electron chi connectivity index (χ3n) is 6.86. The van der Waals surface area contributed by atoms with Gasteiger partial charge in [-0.1, -0.05) is 61.9 Å². The first-order chi connectivity index (χ1) is 16.0. The summed E-state index contributed by atoms with van der Waals surface area (Å²) < 4.78 is 49.0. The zero-order chi connectivity index (χ0) is 23.4. The van der Waals surface area contributed by atoms with E-state index in [-0.39, 0.29) is 17.3 Å². The van der Waals surface area contributed by atoms with Gasteiger partial charge in [-0.05, 0) is 66.3 Å². The third kappa shape index (κ3) is 5.16. The van der Waals surface area contributed by atoms with E-state index >= 15 is 0 Å². The Labute approximate surface area is 193 Å². The first kappa shape index (κ1) is 23.2. The van der Waals surface area contributed by atoms with Gasteiger partial charge in [0, 0.05) is 17.2 Å². The fourth-order valence-corrected chi connectivity index (χ4v) is 4.72. The predicted octanol–water partition coefficient (Wildman–Crippen LogP) is 8.63. The van der Waals surface area contributed by atoms with Crippen molar-refractivity contribution in [1.29, 1.82) is 0 Å². The Balaban J connectivity index is 1.48. The van der Waals surface area contributed by atoms with E-state index in [0.29, 0.717) is 22.8 Å². The SMILES string of the molecule is CCC1CCC(c2ccc(C=Cc3ccc(-c4ccc(OC)cc4F)cc3)c(F)c2F)CC1. The minimum atomic E-state index is -0.793. The first-order valence-electron chi connectivity index (χ1n) is 11.6. The van der Waals surface area contributed by atoms with E-state index in [1.165, 1.54) is 13.2 Å². The van der Waals surface area contributed by atoms with E-state index in [9.17, 15) is 13.2 Å². The second-order valence-corrected chi connectivity index (χ2v) is 8.80. The van der Waals surface area contributed by atoms with Gasteiger partial charge in [-0.3, -0.25) is 0 Å². The minimum absolute atomic E-state index is 0.103. The van der Waals surface area contributed by atoms with Gasteiger partial charge < -0.3 is 4.74 Å². The topological polar surface area (TPSA) is 9.23 Å². The molecule has 1 aliphatic carbocycles. The summed E-state index contributed by atoms with van der Waals surface area (Å²) in [7, 11) is 1.50. The van der Waals surface area contributed by atoms with Crippen LogP contribution in [0.2, 0.25) is 0 Å². The highest BCUT2D eigenvalue weighted by Gasteiger charge is 2.25. The Morgan fingerprint density at radius 2 is 1.58 bits per heavy atom. The predicted molar refractivity (Wildman–Crippen MR) is 129 cm³/mol. The van der Waals surface area contributed by atoms with Gasteiger partial charge in [0.05, 0.1) is 7.11 Å². The Hall–Kier alpha value is -3.01. The average Bonchev–Trinajstić information content (AvgIpc) is 2.85. The highest BCUT2D eigenvalue weighted by molar-refractivity contribution is 5.73. The summed E-state index contributed by atoms with van der Waals surface area (Å²) in [6.07, 6.45) is 8.48. The van der Waals surface area contributed by atoms with E-state index in [2.05, 4.69) is 6.92 Å². The van der Waals surface area contributed by atoms with Crippen molar-refractivity contribution >= 4 is 12.2 Å². The number of rotatable bonds is 6. The van der Waals surface area contributed by atoms with Gasteiger partial charge in [-0.2, -0.15) is 0 Å². The Morgan fingerprint density at radius 3 is 2.21 bits per heavy atom. The van der Waals surface area contributed by atoms with E-state index in [0.717, 1.165) is 43.2 Å². The van der Waals surface area contributed by atoms with Gasteiger partial charge in [0.1, 0.15) is 11.6 Å². The Bertz CT molecular complexity index is 1130. The van der Waals surface area contributed by atoms with Gasteiger partial charge in [-0.25, -0.2) is 13.2 Å². The summed E-state index contributed by atoms with van der Waals surface area (Å²) in [5.74, 6) is -0.598. The van der Waals surface area contributed by atoms with Crippen LogP contribution in [0, 0.1) is 23.4 Å². The highest BCUT2D eigenvalue weighted by Crippen LogP contribution is 2.38. The molecule has 0 N–H and O–H groups in total. The molecule has 0 atom stereocenters. The first-order valence-corrected chi connectivity index (χ1v) is 11.6. The number of hydrogen-bond donors (Lipinski definition) is 0. The average molecular weight is 451 g/mol. The molecule has 4 rings (SSSR count). The molecule has 0 saturated heterocycles. The van der Waals surface area contributed by atoms with Crippen molar-refractivity contribution in [2.45, 2.75) is 44.9 Å². The van der Waals surface area contributed by atoms with Crippen molar-refractivity contribution in [3.05, 3.63) is 88.7 Å². The van der Waals surface area contributed by atoms with Gasteiger partial charge in [0.25, 0.3) is 0 Å². The van der Waals surface area contributed by atoms with Crippen LogP contribution < -0.4 is 4.74 Å². The van der Waals surface area contributed by atoms with Crippen LogP contribution in [0.4, 0.5) is 13.2 Å². The van der Waals surface area contributed by atoms with Gasteiger partial charge >= 0.3 is 0 Å². The van der Waals surface area contributed by atoms with E-state index < -0.39 is 11.6 Å². The molecule has 0 radical (unpaired) electrons. The lowest BCUT2D eigenvalue weighted by Gasteiger charge is -2.28. The molecule has 0 amide bonds. The van der Waals surface area contributed by atoms with Crippen molar-refractivity contribution in [3.8, 4) is 16.9 Å². The molecule has 3 aromatic rings. The van der Waals surface area contributed by atoms with Crippen molar-refractivity contribution in [3.63, 3.8) is 0 Å². The number of halogens is 3. The van der Waals surface area contributed by atoms with Gasteiger partial charge in [0.15, 0.2) is 11.6 Å². The molecule has 1 saturated carbocycles. The molecule has 1 aliphatic rings. The molecule has 1 nitrogen and oxygen atoms in total. The summed E-state index contributed by atoms with van der Waals surface area (Å²) >= 11 is 0. The summed E-state index contributed by atoms with van der Waals surface area (Å²) in [4.78, 5) is 0. The lowest BCUT2D eigenvalue weighted by Crippen LogP contribution is -2.14. The quantitative estimate of drug-likeness (QED) is 0.342. The van der Waals surface area contributed by atoms with Crippen molar-refractivity contribution in [1.82, 2.24) is 0 Å². The lowest BCUT2D eigenvalue weighted by atomic mass is 9.77. The number of ether oxygens (including phenoxy) is 1. The maximum Gasteiger partial charge on any atom is 0.166 e. The lowest BCUT2D eigenvalue weighted by molar-refractivity contribution is 0.312. The Morgan fingerprint density at radius 1 is 0.848 bits per heavy atom. The standard InChI is InChI=1S/C29H29F3O/c1-3-19-4-9-22(10-5-19)26-16-14-23(28(31)29(26)32)13-8-20-6-11-21(12-7-20)25-17-15-24(33-2)18-27(25)30/h6-8,11-19,22H,3-5,9-10H2,1-2H3. The van der Waals surface area contributed by atoms with Gasteiger partial charge in [0.2, 0.25) is 0 Å². The van der Waals surface area contributed by atoms with Crippen LogP contribution in [0.15, 0.2) is 54.6 Å². The van der Waals surface area contributed by atoms with Crippen LogP contribution in [0.3, 0.4) is 0 Å². The molecule has 0 spiro atoms. The summed E-state index contributed by atoms with van der Waals surface area (Å²) in [5.41, 5.74) is 2.75. The van der Waals surface area contributed by atoms with E-state index in [1.807, 2.05) is 12.1 Å².